The van der Waals surface area contributed by atoms with Crippen LogP contribution in [0.3, 0.4) is 0 Å². The van der Waals surface area contributed by atoms with Crippen LogP contribution in [0.5, 0.6) is 0 Å². The van der Waals surface area contributed by atoms with E-state index in [2.05, 4.69) is 31.0 Å². The summed E-state index contributed by atoms with van der Waals surface area (Å²) in [5, 5.41) is 18.5. The largest absolute Gasteiger partial charge is 0.448 e. The van der Waals surface area contributed by atoms with Gasteiger partial charge in [0, 0.05) is 16.0 Å². The SMILES string of the molecule is CC/C=C(\C(=O)N[C@@H]1C(=O)N2C(C(=O)OC(c3ccccc3)c3ccccc3)=C(SCSc3c[nH]nn3)CS[C@H]12)c1csc(NC(=O)OC(C)(C)C)n1. The number of fused-ring (bicyclic) bond motifs is 1. The highest BCUT2D eigenvalue weighted by atomic mass is 32.2. The molecule has 2 aromatic carbocycles. The van der Waals surface area contributed by atoms with Crippen LogP contribution in [0.25, 0.3) is 5.57 Å². The highest BCUT2D eigenvalue weighted by molar-refractivity contribution is 8.18. The van der Waals surface area contributed by atoms with Gasteiger partial charge in [0.15, 0.2) is 11.2 Å². The molecule has 0 radical (unpaired) electrons. The molecule has 4 heterocycles. The van der Waals surface area contributed by atoms with E-state index >= 15 is 0 Å². The van der Waals surface area contributed by atoms with Gasteiger partial charge >= 0.3 is 12.1 Å². The third kappa shape index (κ3) is 9.33. The number of allylic oxidation sites excluding steroid dienone is 1. The first-order chi connectivity index (χ1) is 25.5. The lowest BCUT2D eigenvalue weighted by atomic mass is 10.0. The van der Waals surface area contributed by atoms with Crippen molar-refractivity contribution in [1.82, 2.24) is 30.6 Å². The van der Waals surface area contributed by atoms with Gasteiger partial charge in [0.2, 0.25) is 0 Å². The first kappa shape index (κ1) is 38.2. The second-order valence-electron chi connectivity index (χ2n) is 12.6. The molecule has 2 aromatic heterocycles. The van der Waals surface area contributed by atoms with E-state index in [-0.39, 0.29) is 16.4 Å². The van der Waals surface area contributed by atoms with Crippen LogP contribution in [0.15, 0.2) is 93.9 Å². The second-order valence-corrected chi connectivity index (χ2v) is 17.0. The number of esters is 1. The van der Waals surface area contributed by atoms with Gasteiger partial charge in [0.1, 0.15) is 27.7 Å². The van der Waals surface area contributed by atoms with Gasteiger partial charge in [0.05, 0.1) is 22.5 Å². The molecule has 0 saturated carbocycles. The lowest BCUT2D eigenvalue weighted by Crippen LogP contribution is -2.70. The number of amides is 3. The Balaban J connectivity index is 1.21. The molecule has 1 fully saturated rings. The van der Waals surface area contributed by atoms with E-state index in [4.69, 9.17) is 9.47 Å². The van der Waals surface area contributed by atoms with E-state index in [1.807, 2.05) is 67.6 Å². The fraction of sp³-hybridized carbons (Fsp3) is 0.306. The quantitative estimate of drug-likeness (QED) is 0.0425. The molecule has 2 aliphatic heterocycles. The molecule has 17 heteroatoms. The van der Waals surface area contributed by atoms with Crippen molar-refractivity contribution in [1.29, 1.82) is 0 Å². The number of anilines is 1. The third-order valence-corrected chi connectivity index (χ3v) is 12.1. The van der Waals surface area contributed by atoms with Crippen LogP contribution in [-0.2, 0) is 23.9 Å². The summed E-state index contributed by atoms with van der Waals surface area (Å²) >= 11 is 5.48. The Bertz CT molecular complexity index is 1960. The number of thioether (sulfide) groups is 3. The van der Waals surface area contributed by atoms with E-state index in [0.717, 1.165) is 22.5 Å². The van der Waals surface area contributed by atoms with E-state index in [0.29, 0.717) is 32.9 Å². The Morgan fingerprint density at radius 3 is 2.40 bits per heavy atom. The minimum Gasteiger partial charge on any atom is -0.448 e. The summed E-state index contributed by atoms with van der Waals surface area (Å²) in [7, 11) is 0. The molecular weight excluding hydrogens is 755 g/mol. The summed E-state index contributed by atoms with van der Waals surface area (Å²) in [4.78, 5) is 60.8. The van der Waals surface area contributed by atoms with E-state index in [9.17, 15) is 19.2 Å². The van der Waals surface area contributed by atoms with Gasteiger partial charge in [-0.05, 0) is 38.3 Å². The number of ether oxygens (including phenoxy) is 2. The zero-order valence-electron chi connectivity index (χ0n) is 29.2. The number of hydrogen-bond donors (Lipinski definition) is 3. The summed E-state index contributed by atoms with van der Waals surface area (Å²) in [6, 6.07) is 18.0. The maximum atomic E-state index is 14.3. The van der Waals surface area contributed by atoms with Crippen molar-refractivity contribution in [2.45, 2.75) is 62.3 Å². The summed E-state index contributed by atoms with van der Waals surface area (Å²) in [5.74, 6) is -1.15. The minimum atomic E-state index is -0.899. The van der Waals surface area contributed by atoms with Crippen molar-refractivity contribution in [3.05, 3.63) is 106 Å². The van der Waals surface area contributed by atoms with Crippen molar-refractivity contribution < 1.29 is 28.7 Å². The number of nitrogens with zero attached hydrogens (tertiary/aromatic N) is 4. The van der Waals surface area contributed by atoms with Crippen LogP contribution < -0.4 is 10.6 Å². The van der Waals surface area contributed by atoms with Crippen molar-refractivity contribution in [2.24, 2.45) is 0 Å². The second kappa shape index (κ2) is 17.0. The molecule has 53 heavy (non-hydrogen) atoms. The van der Waals surface area contributed by atoms with Crippen molar-refractivity contribution in [3.63, 3.8) is 0 Å². The Hall–Kier alpha value is -4.58. The van der Waals surface area contributed by atoms with Crippen molar-refractivity contribution in [2.75, 3.05) is 16.2 Å². The van der Waals surface area contributed by atoms with Gasteiger partial charge in [-0.3, -0.25) is 24.9 Å². The fourth-order valence-electron chi connectivity index (χ4n) is 5.44. The number of thiazole rings is 1. The van der Waals surface area contributed by atoms with Gasteiger partial charge < -0.3 is 14.8 Å². The summed E-state index contributed by atoms with van der Waals surface area (Å²) in [5.41, 5.74) is 1.65. The molecule has 0 bridgehead atoms. The van der Waals surface area contributed by atoms with E-state index in [1.165, 1.54) is 40.2 Å². The number of aromatic nitrogens is 4. The van der Waals surface area contributed by atoms with Gasteiger partial charge in [-0.1, -0.05) is 90.6 Å². The van der Waals surface area contributed by atoms with Crippen LogP contribution >= 0.6 is 46.6 Å². The number of carbonyl (C=O) groups excluding carboxylic acids is 4. The average molecular weight is 792 g/mol. The Labute approximate surface area is 323 Å². The topological polar surface area (TPSA) is 168 Å². The molecule has 2 aliphatic rings. The zero-order valence-corrected chi connectivity index (χ0v) is 32.5. The van der Waals surface area contributed by atoms with Gasteiger partial charge in [-0.25, -0.2) is 14.6 Å². The van der Waals surface area contributed by atoms with Gasteiger partial charge in [-0.15, -0.1) is 40.0 Å². The number of hydrogen-bond acceptors (Lipinski definition) is 13. The lowest BCUT2D eigenvalue weighted by molar-refractivity contribution is -0.154. The first-order valence-electron chi connectivity index (χ1n) is 16.6. The number of carbonyl (C=O) groups is 4. The Morgan fingerprint density at radius 2 is 1.77 bits per heavy atom. The number of β-lactam (4-membered cyclic amide) rings is 1. The molecule has 3 amide bonds. The molecular formula is C36H37N7O6S4. The monoisotopic (exact) mass is 791 g/mol. The van der Waals surface area contributed by atoms with E-state index in [1.54, 1.807) is 38.4 Å². The van der Waals surface area contributed by atoms with Crippen molar-refractivity contribution in [3.8, 4) is 0 Å². The molecule has 4 aromatic rings. The highest BCUT2D eigenvalue weighted by Gasteiger charge is 2.55. The average Bonchev–Trinajstić information content (AvgIpc) is 3.84. The lowest BCUT2D eigenvalue weighted by Gasteiger charge is -2.49. The molecule has 0 aliphatic carbocycles. The normalized spacial score (nSPS) is 17.3. The molecule has 0 spiro atoms. The molecule has 13 nitrogen and oxygen atoms in total. The Morgan fingerprint density at radius 1 is 1.08 bits per heavy atom. The summed E-state index contributed by atoms with van der Waals surface area (Å²) in [6.45, 7) is 7.15. The van der Waals surface area contributed by atoms with Crippen LogP contribution in [0.2, 0.25) is 0 Å². The van der Waals surface area contributed by atoms with Crippen molar-refractivity contribution >= 4 is 81.2 Å². The summed E-state index contributed by atoms with van der Waals surface area (Å²) in [6.07, 6.45) is 2.54. The number of H-pyrrole nitrogens is 1. The van der Waals surface area contributed by atoms with Crippen LogP contribution in [0, 0.1) is 0 Å². The predicted octanol–water partition coefficient (Wildman–Crippen LogP) is 6.83. The van der Waals surface area contributed by atoms with Gasteiger partial charge in [0.25, 0.3) is 11.8 Å². The molecule has 6 rings (SSSR count). The fourth-order valence-corrected chi connectivity index (χ4v) is 9.71. The van der Waals surface area contributed by atoms with Gasteiger partial charge in [-0.2, -0.15) is 0 Å². The smallest absolute Gasteiger partial charge is 0.413 e. The van der Waals surface area contributed by atoms with E-state index < -0.39 is 47.0 Å². The first-order valence-corrected chi connectivity index (χ1v) is 20.5. The van der Waals surface area contributed by atoms with Crippen LogP contribution in [-0.4, -0.2) is 77.0 Å². The molecule has 3 N–H and O–H groups in total. The number of rotatable bonds is 13. The minimum absolute atomic E-state index is 0.161. The molecule has 1 saturated heterocycles. The standard InChI is InChI=1S/C36H37N7O6S4/c1-5-12-23(24-18-51-34(38-24)40-35(47)49-36(2,3)4)30(44)39-27-31(45)43-28(25(19-50-32(27)43)52-20-53-26-17-37-42-41-26)33(46)48-29(21-13-8-6-9-14-21)22-15-10-7-11-16-22/h6-18,27,29,32H,5,19-20H2,1-4H3,(H,39,44)(H,37,41,42)(H,38,40,47)/b23-12-/t27-,32-/m1/s1. The zero-order chi connectivity index (χ0) is 37.5. The number of nitrogens with one attached hydrogen (secondary N) is 3. The maximum Gasteiger partial charge on any atom is 0.413 e. The number of benzene rings is 2. The Kier molecular flexibility index (Phi) is 12.3. The third-order valence-electron chi connectivity index (χ3n) is 7.72. The van der Waals surface area contributed by atoms with Crippen LogP contribution in [0.4, 0.5) is 9.93 Å². The summed E-state index contributed by atoms with van der Waals surface area (Å²) < 4.78 is 11.6. The molecule has 2 atom stereocenters. The molecule has 0 unspecified atom stereocenters. The predicted molar refractivity (Wildman–Crippen MR) is 208 cm³/mol. The molecule has 276 valence electrons. The maximum absolute atomic E-state index is 14.3. The van der Waals surface area contributed by atoms with Crippen LogP contribution in [0.1, 0.15) is 57.0 Å². The highest BCUT2D eigenvalue weighted by Crippen LogP contribution is 2.45. The number of aromatic amines is 1.